The number of unbranched alkanes of at least 4 members (excludes halogenated alkanes) is 6. The van der Waals surface area contributed by atoms with Gasteiger partial charge in [0.05, 0.1) is 0 Å². The molecule has 0 unspecified atom stereocenters. The van der Waals surface area contributed by atoms with Crippen LogP contribution >= 0.6 is 0 Å². The second-order valence-electron chi connectivity index (χ2n) is 10.8. The molecule has 1 rings (SSSR count). The number of carbonyl (C=O) groups is 1. The normalized spacial score (nSPS) is 12.1. The van der Waals surface area contributed by atoms with E-state index >= 15 is 0 Å². The van der Waals surface area contributed by atoms with Crippen LogP contribution in [-0.2, 0) is 17.6 Å². The summed E-state index contributed by atoms with van der Waals surface area (Å²) in [5.41, 5.74) is 3.34. The van der Waals surface area contributed by atoms with Gasteiger partial charge in [0, 0.05) is 0 Å². The maximum absolute atomic E-state index is 13.2. The van der Waals surface area contributed by atoms with Gasteiger partial charge in [-0.25, -0.2) is 0 Å². The molecular weight excluding hydrogens is 362 g/mol. The molecule has 1 aromatic rings. The summed E-state index contributed by atoms with van der Waals surface area (Å²) < 4.78 is 0. The van der Waals surface area contributed by atoms with E-state index in [0.717, 1.165) is 20.1 Å². The summed E-state index contributed by atoms with van der Waals surface area (Å²) in [6.07, 6.45) is 15.6. The fourth-order valence-corrected chi connectivity index (χ4v) is 4.55. The van der Waals surface area contributed by atoms with Crippen LogP contribution in [0.15, 0.2) is 18.1 Å². The van der Waals surface area contributed by atoms with Gasteiger partial charge in [-0.2, -0.15) is 0 Å². The Morgan fingerprint density at radius 2 is 1.53 bits per heavy atom. The summed E-state index contributed by atoms with van der Waals surface area (Å²) in [4.78, 5) is 13.2. The first-order valence-corrected chi connectivity index (χ1v) is 12.8. The molecule has 0 saturated carbocycles. The molecule has 0 aliphatic rings. The van der Waals surface area contributed by atoms with Crippen LogP contribution in [0.4, 0.5) is 0 Å². The minimum atomic E-state index is 0.177. The number of hydrogen-bond donors (Lipinski definition) is 0. The summed E-state index contributed by atoms with van der Waals surface area (Å²) in [6, 6.07) is 4.28. The third-order valence-electron chi connectivity index (χ3n) is 7.02. The van der Waals surface area contributed by atoms with Crippen LogP contribution in [0.3, 0.4) is 0 Å². The Morgan fingerprint density at radius 3 is 2.07 bits per heavy atom. The molecule has 1 heterocycles. The van der Waals surface area contributed by atoms with E-state index < -0.39 is 0 Å². The average Bonchev–Trinajstić information content (AvgIpc) is 2.70. The van der Waals surface area contributed by atoms with Gasteiger partial charge in [-0.3, -0.25) is 0 Å². The van der Waals surface area contributed by atoms with Crippen LogP contribution in [0.2, 0.25) is 5.31 Å². The molecule has 30 heavy (non-hydrogen) atoms. The van der Waals surface area contributed by atoms with E-state index in [4.69, 9.17) is 0 Å². The predicted octanol–water partition coefficient (Wildman–Crippen LogP) is 7.63. The molecule has 0 saturated heterocycles. The Hall–Kier alpha value is -0.850. The second kappa shape index (κ2) is 14.3. The van der Waals surface area contributed by atoms with Crippen LogP contribution < -0.4 is 0 Å². The predicted molar refractivity (Wildman–Crippen MR) is 137 cm³/mol. The molecule has 0 aromatic carbocycles. The summed E-state index contributed by atoms with van der Waals surface area (Å²) in [5, 5.41) is 0.177. The van der Waals surface area contributed by atoms with Crippen molar-refractivity contribution in [2.45, 2.75) is 130 Å². The molecule has 1 nitrogen and oxygen atoms in total. The van der Waals surface area contributed by atoms with Gasteiger partial charge in [0.25, 0.3) is 0 Å². The fraction of sp³-hybridized carbons (Fsp3) is 0.778. The molecule has 3 heteroatoms. The van der Waals surface area contributed by atoms with Crippen LogP contribution in [0.1, 0.15) is 123 Å². The zero-order valence-electron chi connectivity index (χ0n) is 21.1. The minimum absolute atomic E-state index is 0.177. The molecule has 0 aliphatic carbocycles. The topological polar surface area (TPSA) is 17.1 Å². The Bertz CT molecular complexity index is 597. The van der Waals surface area contributed by atoms with E-state index in [-0.39, 0.29) is 10.7 Å². The van der Waals surface area contributed by atoms with Gasteiger partial charge >= 0.3 is 190 Å². The van der Waals surface area contributed by atoms with Gasteiger partial charge in [0.2, 0.25) is 0 Å². The Labute approximate surface area is 189 Å². The molecule has 0 N–H and O–H groups in total. The summed E-state index contributed by atoms with van der Waals surface area (Å²) in [5.74, 6) is 2.13. The van der Waals surface area contributed by atoms with Crippen molar-refractivity contribution < 1.29 is 4.79 Å². The molecule has 0 fully saturated rings. The molecule has 1 aromatic heterocycles. The van der Waals surface area contributed by atoms with E-state index in [1.165, 1.54) is 75.2 Å². The van der Waals surface area contributed by atoms with Crippen molar-refractivity contribution in [3.8, 4) is 0 Å². The number of hydrogen-bond acceptors (Lipinski definition) is 1. The zero-order chi connectivity index (χ0) is 22.5. The van der Waals surface area contributed by atoms with Gasteiger partial charge < -0.3 is 0 Å². The van der Waals surface area contributed by atoms with Gasteiger partial charge in [-0.1, -0.05) is 0 Å². The van der Waals surface area contributed by atoms with Gasteiger partial charge in [0.1, 0.15) is 0 Å². The maximum atomic E-state index is 13.2. The Kier molecular flexibility index (Phi) is 12.9. The van der Waals surface area contributed by atoms with Crippen molar-refractivity contribution >= 4 is 19.9 Å². The summed E-state index contributed by atoms with van der Waals surface area (Å²) >= 11 is 0. The number of rotatable bonds is 17. The van der Waals surface area contributed by atoms with Crippen LogP contribution in [0.5, 0.6) is 0 Å². The average molecular weight is 410 g/mol. The van der Waals surface area contributed by atoms with Crippen molar-refractivity contribution in [2.75, 3.05) is 0 Å². The first-order valence-electron chi connectivity index (χ1n) is 12.8. The van der Waals surface area contributed by atoms with Crippen LogP contribution in [-0.4, -0.2) is 19.9 Å². The molecule has 0 bridgehead atoms. The molecule has 168 valence electrons. The van der Waals surface area contributed by atoms with Crippen LogP contribution in [0, 0.1) is 5.41 Å². The SMILES string of the molecule is CCCCCCC(C)(BC(=O)Cc1cccbc1CC(C)(C)CC)CCCCCC. The van der Waals surface area contributed by atoms with Crippen molar-refractivity contribution in [2.24, 2.45) is 5.41 Å². The Balaban J connectivity index is 2.78. The fourth-order valence-electron chi connectivity index (χ4n) is 4.55. The third-order valence-corrected chi connectivity index (χ3v) is 7.02. The standard InChI is InChI=1S/C27H48B2O/c1-7-10-12-14-18-27(6,19-15-13-11-8-2)29-25(30)21-23-17-16-20-28-24(23)22-26(4,5)9-3/h16-17,20,29H,7-15,18-19,21-22H2,1-6H3. The van der Waals surface area contributed by atoms with Gasteiger partial charge in [-0.15, -0.1) is 0 Å². The first kappa shape index (κ1) is 27.2. The van der Waals surface area contributed by atoms with Gasteiger partial charge in [0.15, 0.2) is 0 Å². The second-order valence-corrected chi connectivity index (χ2v) is 10.8. The van der Waals surface area contributed by atoms with Crippen molar-refractivity contribution in [1.29, 1.82) is 0 Å². The van der Waals surface area contributed by atoms with E-state index in [1.54, 1.807) is 0 Å². The summed E-state index contributed by atoms with van der Waals surface area (Å²) in [7, 11) is 0.747. The molecule has 0 radical (unpaired) electrons. The van der Waals surface area contributed by atoms with Crippen molar-refractivity contribution in [1.82, 2.24) is 0 Å². The molecular formula is C27H48B2O. The van der Waals surface area contributed by atoms with Crippen molar-refractivity contribution in [3.05, 3.63) is 29.1 Å². The van der Waals surface area contributed by atoms with Gasteiger partial charge in [-0.05, 0) is 0 Å². The van der Waals surface area contributed by atoms with Crippen molar-refractivity contribution in [3.63, 3.8) is 0 Å². The quantitative estimate of drug-likeness (QED) is 0.191. The monoisotopic (exact) mass is 410 g/mol. The van der Waals surface area contributed by atoms with E-state index in [0.29, 0.717) is 12.1 Å². The molecule has 0 amide bonds. The summed E-state index contributed by atoms with van der Waals surface area (Å²) in [6.45, 7) is 16.1. The first-order chi connectivity index (χ1) is 14.2. The third kappa shape index (κ3) is 11.0. The van der Waals surface area contributed by atoms with Crippen LogP contribution in [0.25, 0.3) is 0 Å². The zero-order valence-corrected chi connectivity index (χ0v) is 21.1. The van der Waals surface area contributed by atoms with E-state index in [9.17, 15) is 4.79 Å². The molecule has 0 aliphatic heterocycles. The van der Waals surface area contributed by atoms with E-state index in [2.05, 4.69) is 66.5 Å². The number of carbonyl (C=O) groups excluding carboxylic acids is 1. The molecule has 0 atom stereocenters. The molecule has 0 spiro atoms. The van der Waals surface area contributed by atoms with E-state index in [1.807, 2.05) is 0 Å². The Morgan fingerprint density at radius 1 is 0.933 bits per heavy atom.